The number of pyridine rings is 1. The fourth-order valence-electron chi connectivity index (χ4n) is 2.57. The minimum absolute atomic E-state index is 0.488. The monoisotopic (exact) mass is 224 g/mol. The van der Waals surface area contributed by atoms with E-state index >= 15 is 0 Å². The molecule has 0 amide bonds. The number of rotatable bonds is 1. The van der Waals surface area contributed by atoms with Crippen LogP contribution in [0.2, 0.25) is 0 Å². The second-order valence-corrected chi connectivity index (χ2v) is 4.74. The predicted octanol–water partition coefficient (Wildman–Crippen LogP) is 3.47. The van der Waals surface area contributed by atoms with Crippen molar-refractivity contribution in [3.63, 3.8) is 0 Å². The molecule has 0 fully saturated rings. The van der Waals surface area contributed by atoms with Gasteiger partial charge in [0.15, 0.2) is 0 Å². The summed E-state index contributed by atoms with van der Waals surface area (Å²) in [6.07, 6.45) is 2.99. The van der Waals surface area contributed by atoms with E-state index in [9.17, 15) is 0 Å². The third-order valence-electron chi connectivity index (χ3n) is 3.36. The molecule has 3 rings (SSSR count). The van der Waals surface area contributed by atoms with Gasteiger partial charge in [-0.15, -0.1) is 0 Å². The van der Waals surface area contributed by atoms with E-state index in [-0.39, 0.29) is 0 Å². The molecule has 1 aromatic heterocycles. The van der Waals surface area contributed by atoms with Gasteiger partial charge in [0.1, 0.15) is 5.82 Å². The molecule has 0 aliphatic carbocycles. The first kappa shape index (κ1) is 10.3. The number of aryl methyl sites for hydroxylation is 1. The van der Waals surface area contributed by atoms with E-state index in [1.54, 1.807) is 0 Å². The molecule has 86 valence electrons. The number of nitrogens with zero attached hydrogens (tertiary/aromatic N) is 2. The first-order chi connectivity index (χ1) is 8.25. The van der Waals surface area contributed by atoms with Crippen LogP contribution in [0, 0.1) is 6.92 Å². The first-order valence-electron chi connectivity index (χ1n) is 6.05. The van der Waals surface area contributed by atoms with Gasteiger partial charge in [-0.1, -0.05) is 18.2 Å². The molecule has 0 spiro atoms. The second-order valence-electron chi connectivity index (χ2n) is 4.74. The zero-order valence-electron chi connectivity index (χ0n) is 10.2. The van der Waals surface area contributed by atoms with Gasteiger partial charge in [0.2, 0.25) is 0 Å². The lowest BCUT2D eigenvalue weighted by Crippen LogP contribution is -2.24. The molecule has 1 aliphatic rings. The van der Waals surface area contributed by atoms with Crippen LogP contribution in [0.4, 0.5) is 11.5 Å². The minimum atomic E-state index is 0.488. The Morgan fingerprint density at radius 3 is 2.88 bits per heavy atom. The summed E-state index contributed by atoms with van der Waals surface area (Å²) in [7, 11) is 0. The summed E-state index contributed by atoms with van der Waals surface area (Å²) < 4.78 is 0. The van der Waals surface area contributed by atoms with E-state index in [1.165, 1.54) is 16.8 Å². The smallest absolute Gasteiger partial charge is 0.133 e. The Labute approximate surface area is 102 Å². The number of fused-ring (bicyclic) bond motifs is 1. The van der Waals surface area contributed by atoms with Crippen LogP contribution in [-0.2, 0) is 6.42 Å². The molecular formula is C15H16N2. The Kier molecular flexibility index (Phi) is 2.36. The molecule has 17 heavy (non-hydrogen) atoms. The van der Waals surface area contributed by atoms with Crippen LogP contribution in [-0.4, -0.2) is 11.0 Å². The lowest BCUT2D eigenvalue weighted by atomic mass is 10.1. The van der Waals surface area contributed by atoms with Crippen LogP contribution in [0.1, 0.15) is 18.1 Å². The maximum atomic E-state index is 4.50. The first-order valence-corrected chi connectivity index (χ1v) is 6.05. The number of anilines is 2. The maximum Gasteiger partial charge on any atom is 0.133 e. The standard InChI is InChI=1S/C15H16N2/c1-11-7-8-16-15(9-11)17-12(2)10-13-5-3-4-6-14(13)17/h3-9,12H,10H2,1-2H3. The van der Waals surface area contributed by atoms with Gasteiger partial charge >= 0.3 is 0 Å². The molecule has 0 saturated carbocycles. The van der Waals surface area contributed by atoms with Crippen molar-refractivity contribution in [2.24, 2.45) is 0 Å². The zero-order chi connectivity index (χ0) is 11.8. The van der Waals surface area contributed by atoms with Crippen molar-refractivity contribution >= 4 is 11.5 Å². The van der Waals surface area contributed by atoms with Crippen LogP contribution < -0.4 is 4.90 Å². The summed E-state index contributed by atoms with van der Waals surface area (Å²) in [6.45, 7) is 4.36. The van der Waals surface area contributed by atoms with Gasteiger partial charge in [-0.3, -0.25) is 0 Å². The highest BCUT2D eigenvalue weighted by Gasteiger charge is 2.27. The van der Waals surface area contributed by atoms with Crippen LogP contribution in [0.5, 0.6) is 0 Å². The van der Waals surface area contributed by atoms with Crippen LogP contribution in [0.15, 0.2) is 42.6 Å². The quantitative estimate of drug-likeness (QED) is 0.737. The van der Waals surface area contributed by atoms with Crippen molar-refractivity contribution in [3.8, 4) is 0 Å². The molecule has 0 bridgehead atoms. The largest absolute Gasteiger partial charge is 0.323 e. The van der Waals surface area contributed by atoms with Gasteiger partial charge < -0.3 is 4.90 Å². The predicted molar refractivity (Wildman–Crippen MR) is 70.7 cm³/mol. The highest BCUT2D eigenvalue weighted by Crippen LogP contribution is 2.37. The highest BCUT2D eigenvalue weighted by atomic mass is 15.2. The van der Waals surface area contributed by atoms with Crippen molar-refractivity contribution < 1.29 is 0 Å². The number of aromatic nitrogens is 1. The van der Waals surface area contributed by atoms with Crippen molar-refractivity contribution in [3.05, 3.63) is 53.7 Å². The van der Waals surface area contributed by atoms with E-state index in [1.807, 2.05) is 12.3 Å². The van der Waals surface area contributed by atoms with Gasteiger partial charge in [-0.2, -0.15) is 0 Å². The fourth-order valence-corrected chi connectivity index (χ4v) is 2.57. The van der Waals surface area contributed by atoms with E-state index in [0.29, 0.717) is 6.04 Å². The third kappa shape index (κ3) is 1.70. The average molecular weight is 224 g/mol. The molecule has 2 heteroatoms. The molecule has 0 saturated heterocycles. The molecule has 2 aromatic rings. The fraction of sp³-hybridized carbons (Fsp3) is 0.267. The second kappa shape index (κ2) is 3.88. The summed E-state index contributed by atoms with van der Waals surface area (Å²) in [5.74, 6) is 1.06. The molecule has 0 N–H and O–H groups in total. The number of benzene rings is 1. The molecule has 1 aromatic carbocycles. The summed E-state index contributed by atoms with van der Waals surface area (Å²) in [6, 6.07) is 13.3. The summed E-state index contributed by atoms with van der Waals surface area (Å²) in [4.78, 5) is 6.83. The van der Waals surface area contributed by atoms with Crippen molar-refractivity contribution in [1.82, 2.24) is 4.98 Å². The molecule has 1 unspecified atom stereocenters. The Hall–Kier alpha value is -1.83. The Bertz CT molecular complexity index is 548. The van der Waals surface area contributed by atoms with Gasteiger partial charge in [0.25, 0.3) is 0 Å². The number of hydrogen-bond donors (Lipinski definition) is 0. The molecule has 2 nitrogen and oxygen atoms in total. The molecule has 1 aliphatic heterocycles. The normalized spacial score (nSPS) is 18.2. The zero-order valence-corrected chi connectivity index (χ0v) is 10.2. The third-order valence-corrected chi connectivity index (χ3v) is 3.36. The summed E-state index contributed by atoms with van der Waals surface area (Å²) in [5.41, 5.74) is 3.98. The molecule has 2 heterocycles. The maximum absolute atomic E-state index is 4.50. The van der Waals surface area contributed by atoms with Gasteiger partial charge in [-0.25, -0.2) is 4.98 Å². The Morgan fingerprint density at radius 2 is 2.06 bits per heavy atom. The van der Waals surface area contributed by atoms with Crippen LogP contribution in [0.25, 0.3) is 0 Å². The highest BCUT2D eigenvalue weighted by molar-refractivity contribution is 5.68. The topological polar surface area (TPSA) is 16.1 Å². The van der Waals surface area contributed by atoms with Crippen molar-refractivity contribution in [2.45, 2.75) is 26.3 Å². The van der Waals surface area contributed by atoms with Gasteiger partial charge in [-0.05, 0) is 49.6 Å². The lowest BCUT2D eigenvalue weighted by molar-refractivity contribution is 0.750. The van der Waals surface area contributed by atoms with Crippen molar-refractivity contribution in [2.75, 3.05) is 4.90 Å². The molecule has 0 radical (unpaired) electrons. The molecule has 1 atom stereocenters. The Balaban J connectivity index is 2.09. The molecular weight excluding hydrogens is 208 g/mol. The number of para-hydroxylation sites is 1. The minimum Gasteiger partial charge on any atom is -0.323 e. The lowest BCUT2D eigenvalue weighted by Gasteiger charge is -2.24. The van der Waals surface area contributed by atoms with Gasteiger partial charge in [0, 0.05) is 17.9 Å². The summed E-state index contributed by atoms with van der Waals surface area (Å²) >= 11 is 0. The Morgan fingerprint density at radius 1 is 1.24 bits per heavy atom. The van der Waals surface area contributed by atoms with Crippen LogP contribution in [0.3, 0.4) is 0 Å². The van der Waals surface area contributed by atoms with Crippen molar-refractivity contribution in [1.29, 1.82) is 0 Å². The van der Waals surface area contributed by atoms with Gasteiger partial charge in [0.05, 0.1) is 0 Å². The van der Waals surface area contributed by atoms with E-state index in [2.05, 4.69) is 54.1 Å². The SMILES string of the molecule is Cc1ccnc(N2c3ccccc3CC2C)c1. The van der Waals surface area contributed by atoms with Crippen LogP contribution >= 0.6 is 0 Å². The average Bonchev–Trinajstić information content (AvgIpc) is 2.64. The van der Waals surface area contributed by atoms with E-state index < -0.39 is 0 Å². The van der Waals surface area contributed by atoms with E-state index in [4.69, 9.17) is 0 Å². The van der Waals surface area contributed by atoms with E-state index in [0.717, 1.165) is 12.2 Å². The number of hydrogen-bond acceptors (Lipinski definition) is 2. The summed E-state index contributed by atoms with van der Waals surface area (Å²) in [5, 5.41) is 0.